The number of thioether (sulfide) groups is 1. The summed E-state index contributed by atoms with van der Waals surface area (Å²) < 4.78 is 112. The van der Waals surface area contributed by atoms with E-state index in [0.717, 1.165) is 63.5 Å². The van der Waals surface area contributed by atoms with Gasteiger partial charge in [0.25, 0.3) is 11.1 Å². The second-order valence-electron chi connectivity index (χ2n) is 15.8. The van der Waals surface area contributed by atoms with Crippen LogP contribution in [0.2, 0.25) is 0 Å². The van der Waals surface area contributed by atoms with Gasteiger partial charge in [-0.05, 0) is 80.8 Å². The Balaban J connectivity index is 0.000000212. The Labute approximate surface area is 408 Å². The minimum absolute atomic E-state index is 0.0163. The van der Waals surface area contributed by atoms with E-state index in [1.54, 1.807) is 36.7 Å². The van der Waals surface area contributed by atoms with Crippen LogP contribution in [0.15, 0.2) is 138 Å². The van der Waals surface area contributed by atoms with Gasteiger partial charge in [0.2, 0.25) is 0 Å². The Hall–Kier alpha value is -8.48. The van der Waals surface area contributed by atoms with Crippen LogP contribution in [0.1, 0.15) is 22.5 Å². The van der Waals surface area contributed by atoms with Gasteiger partial charge in [0.1, 0.15) is 10.6 Å². The van der Waals surface area contributed by atoms with Gasteiger partial charge in [-0.15, -0.1) is 11.8 Å². The molecule has 0 saturated carbocycles. The van der Waals surface area contributed by atoms with E-state index in [-0.39, 0.29) is 44.5 Å². The molecule has 0 aliphatic carbocycles. The third-order valence-corrected chi connectivity index (χ3v) is 13.1. The molecule has 8 aromatic rings. The van der Waals surface area contributed by atoms with E-state index in [1.165, 1.54) is 84.5 Å². The molecule has 0 aliphatic heterocycles. The van der Waals surface area contributed by atoms with E-state index in [9.17, 15) is 53.9 Å². The average molecular weight is 1030 g/mol. The van der Waals surface area contributed by atoms with Gasteiger partial charge >= 0.3 is 23.7 Å². The molecule has 4 aromatic heterocycles. The number of rotatable bonds is 8. The monoisotopic (exact) mass is 1030 g/mol. The standard InChI is InChI=1S/C24H18F3N5O4S.C24H18F3N5O2S/c1-14-20(21-19(37(4,35)36)13-29-32(21)17-10-8-16(28-2)9-11-17)22(33)30(3)23(34)31(14)18-7-5-6-15(12-18)24(25,26)27;1-14-20(21-19(35-4)13-29-32(21)17-10-8-16(28-2)9-11-17)22(33)30(3)23(34)31(14)18-7-5-6-15(12-18)24(25,26)27/h5-13H,1,3-4H3;5-13H,1,3-4H3. The van der Waals surface area contributed by atoms with Gasteiger partial charge in [-0.3, -0.25) is 27.9 Å². The topological polar surface area (TPSA) is 166 Å². The zero-order valence-electron chi connectivity index (χ0n) is 38.4. The van der Waals surface area contributed by atoms with Crippen molar-refractivity contribution in [2.24, 2.45) is 14.1 Å². The predicted molar refractivity (Wildman–Crippen MR) is 257 cm³/mol. The van der Waals surface area contributed by atoms with Gasteiger partial charge in [-0.25, -0.2) is 37.1 Å². The molecule has 4 aromatic carbocycles. The van der Waals surface area contributed by atoms with Crippen molar-refractivity contribution >= 4 is 33.0 Å². The Morgan fingerprint density at radius 3 is 1.35 bits per heavy atom. The lowest BCUT2D eigenvalue weighted by Crippen LogP contribution is -2.40. The largest absolute Gasteiger partial charge is 0.416 e. The summed E-state index contributed by atoms with van der Waals surface area (Å²) in [5.74, 6) is 0. The fraction of sp³-hybridized carbons (Fsp3) is 0.167. The first-order chi connectivity index (χ1) is 33.8. The Morgan fingerprint density at radius 1 is 0.583 bits per heavy atom. The number of aromatic nitrogens is 8. The number of alkyl halides is 6. The molecule has 16 nitrogen and oxygen atoms in total. The molecule has 0 saturated heterocycles. The zero-order valence-corrected chi connectivity index (χ0v) is 40.0. The van der Waals surface area contributed by atoms with Crippen molar-refractivity contribution in [1.82, 2.24) is 37.8 Å². The van der Waals surface area contributed by atoms with E-state index in [2.05, 4.69) is 19.9 Å². The van der Waals surface area contributed by atoms with Gasteiger partial charge < -0.3 is 0 Å². The molecule has 0 spiro atoms. The van der Waals surface area contributed by atoms with Crippen LogP contribution in [0.25, 0.3) is 55.0 Å². The molecular weight excluding hydrogens is 991 g/mol. The second kappa shape index (κ2) is 19.4. The smallest absolute Gasteiger partial charge is 0.268 e. The maximum absolute atomic E-state index is 13.4. The highest BCUT2D eigenvalue weighted by molar-refractivity contribution is 7.98. The van der Waals surface area contributed by atoms with Crippen LogP contribution in [0.5, 0.6) is 0 Å². The van der Waals surface area contributed by atoms with Gasteiger partial charge in [0.05, 0.1) is 81.1 Å². The third-order valence-electron chi connectivity index (χ3n) is 11.3. The molecule has 0 fully saturated rings. The molecule has 368 valence electrons. The Kier molecular flexibility index (Phi) is 13.8. The summed E-state index contributed by atoms with van der Waals surface area (Å²) in [5, 5.41) is 8.55. The molecule has 72 heavy (non-hydrogen) atoms. The van der Waals surface area contributed by atoms with Crippen LogP contribution in [0.4, 0.5) is 37.7 Å². The molecule has 0 atom stereocenters. The van der Waals surface area contributed by atoms with Gasteiger partial charge in [0, 0.05) is 31.7 Å². The fourth-order valence-electron chi connectivity index (χ4n) is 7.70. The number of nitrogens with zero attached hydrogens (tertiary/aromatic N) is 10. The van der Waals surface area contributed by atoms with Gasteiger partial charge in [-0.1, -0.05) is 36.4 Å². The highest BCUT2D eigenvalue weighted by Crippen LogP contribution is 2.36. The number of hydrogen-bond acceptors (Lipinski definition) is 9. The molecule has 0 amide bonds. The second-order valence-corrected chi connectivity index (χ2v) is 18.6. The van der Waals surface area contributed by atoms with Crippen molar-refractivity contribution in [2.45, 2.75) is 36.0 Å². The van der Waals surface area contributed by atoms with E-state index >= 15 is 0 Å². The number of benzene rings is 4. The SMILES string of the molecule is [C-]#[N+]c1ccc(-n2ncc(S(C)(=O)=O)c2-c2c(C)n(-c3cccc(C(F)(F)F)c3)c(=O)n(C)c2=O)cc1.[C-]#[N+]c1ccc(-n2ncc(SC)c2-c2c(C)n(-c3cccc(C(F)(F)F)c3)c(=O)n(C)c2=O)cc1. The molecule has 0 unspecified atom stereocenters. The van der Waals surface area contributed by atoms with Crippen LogP contribution < -0.4 is 22.5 Å². The maximum atomic E-state index is 13.4. The van der Waals surface area contributed by atoms with E-state index in [0.29, 0.717) is 37.9 Å². The van der Waals surface area contributed by atoms with Crippen molar-refractivity contribution < 1.29 is 34.8 Å². The van der Waals surface area contributed by atoms with Crippen molar-refractivity contribution in [1.29, 1.82) is 0 Å². The quantitative estimate of drug-likeness (QED) is 0.0823. The Morgan fingerprint density at radius 2 is 0.972 bits per heavy atom. The number of sulfone groups is 1. The molecular formula is C48H36F6N10O6S2. The summed E-state index contributed by atoms with van der Waals surface area (Å²) in [4.78, 5) is 59.8. The third kappa shape index (κ3) is 9.56. The summed E-state index contributed by atoms with van der Waals surface area (Å²) in [5.41, 5.74) is -3.43. The van der Waals surface area contributed by atoms with Crippen LogP contribution in [0, 0.1) is 27.0 Å². The van der Waals surface area contributed by atoms with Crippen molar-refractivity contribution in [3.05, 3.63) is 196 Å². The highest BCUT2D eigenvalue weighted by atomic mass is 32.2. The zero-order chi connectivity index (χ0) is 52.8. The van der Waals surface area contributed by atoms with Gasteiger partial charge in [0.15, 0.2) is 21.2 Å². The van der Waals surface area contributed by atoms with E-state index in [4.69, 9.17) is 13.1 Å². The predicted octanol–water partition coefficient (Wildman–Crippen LogP) is 8.66. The summed E-state index contributed by atoms with van der Waals surface area (Å²) in [6, 6.07) is 20.9. The summed E-state index contributed by atoms with van der Waals surface area (Å²) in [7, 11) is -1.54. The summed E-state index contributed by atoms with van der Waals surface area (Å²) in [6.45, 7) is 17.1. The minimum atomic E-state index is -4.68. The molecule has 0 bridgehead atoms. The van der Waals surface area contributed by atoms with Crippen molar-refractivity contribution in [2.75, 3.05) is 12.5 Å². The summed E-state index contributed by atoms with van der Waals surface area (Å²) >= 11 is 1.33. The first-order valence-corrected chi connectivity index (χ1v) is 23.8. The van der Waals surface area contributed by atoms with E-state index < -0.39 is 55.8 Å². The molecule has 0 radical (unpaired) electrons. The van der Waals surface area contributed by atoms with Crippen molar-refractivity contribution in [3.63, 3.8) is 0 Å². The highest BCUT2D eigenvalue weighted by Gasteiger charge is 2.33. The van der Waals surface area contributed by atoms with Crippen molar-refractivity contribution in [3.8, 4) is 45.3 Å². The molecule has 0 aliphatic rings. The lowest BCUT2D eigenvalue weighted by Gasteiger charge is -2.18. The minimum Gasteiger partial charge on any atom is -0.268 e. The lowest BCUT2D eigenvalue weighted by atomic mass is 10.1. The average Bonchev–Trinajstić information content (AvgIpc) is 3.98. The molecule has 4 heterocycles. The van der Waals surface area contributed by atoms with E-state index in [1.807, 2.05) is 0 Å². The van der Waals surface area contributed by atoms with Crippen LogP contribution in [-0.2, 0) is 36.3 Å². The first-order valence-electron chi connectivity index (χ1n) is 20.7. The molecule has 0 N–H and O–H groups in total. The first kappa shape index (κ1) is 51.4. The number of hydrogen-bond donors (Lipinski definition) is 0. The molecule has 8 rings (SSSR count). The lowest BCUT2D eigenvalue weighted by molar-refractivity contribution is -0.138. The Bertz CT molecular complexity index is 3910. The molecule has 24 heteroatoms. The fourth-order valence-corrected chi connectivity index (χ4v) is 9.01. The normalized spacial score (nSPS) is 11.7. The van der Waals surface area contributed by atoms with Gasteiger partial charge in [-0.2, -0.15) is 36.5 Å². The van der Waals surface area contributed by atoms with Crippen LogP contribution in [-0.4, -0.2) is 58.8 Å². The van der Waals surface area contributed by atoms with Crippen LogP contribution in [0.3, 0.4) is 0 Å². The summed E-state index contributed by atoms with van der Waals surface area (Å²) in [6.07, 6.45) is -3.94. The number of halogens is 6. The maximum Gasteiger partial charge on any atom is 0.416 e. The van der Waals surface area contributed by atoms with Crippen LogP contribution >= 0.6 is 11.8 Å².